The summed E-state index contributed by atoms with van der Waals surface area (Å²) in [6.45, 7) is 3.94. The molecule has 1 aliphatic rings. The van der Waals surface area contributed by atoms with Gasteiger partial charge in [0.1, 0.15) is 0 Å². The van der Waals surface area contributed by atoms with Crippen LogP contribution < -0.4 is 5.48 Å². The van der Waals surface area contributed by atoms with Gasteiger partial charge in [0.05, 0.1) is 0 Å². The van der Waals surface area contributed by atoms with E-state index in [0.717, 1.165) is 26.0 Å². The second kappa shape index (κ2) is 6.40. The van der Waals surface area contributed by atoms with E-state index in [0.29, 0.717) is 0 Å². The summed E-state index contributed by atoms with van der Waals surface area (Å²) >= 11 is 0. The summed E-state index contributed by atoms with van der Waals surface area (Å²) in [4.78, 5) is 5.31. The van der Waals surface area contributed by atoms with Crippen LogP contribution in [0, 0.1) is 0 Å². The van der Waals surface area contributed by atoms with E-state index in [1.165, 1.54) is 19.3 Å². The molecule has 1 unspecified atom stereocenters. The van der Waals surface area contributed by atoms with Crippen LogP contribution in [0.2, 0.25) is 0 Å². The molecule has 1 atom stereocenters. The molecule has 0 saturated carbocycles. The standard InChI is InChI=1S/C9H19NO2/c1-2-3-7-10-12-9-6-4-5-8-11-9/h9-10H,2-8H2,1H3. The molecule has 1 saturated heterocycles. The average molecular weight is 173 g/mol. The highest BCUT2D eigenvalue weighted by atomic mass is 16.8. The Morgan fingerprint density at radius 2 is 2.42 bits per heavy atom. The lowest BCUT2D eigenvalue weighted by Crippen LogP contribution is -2.29. The van der Waals surface area contributed by atoms with Gasteiger partial charge in [0.2, 0.25) is 0 Å². The molecular weight excluding hydrogens is 154 g/mol. The summed E-state index contributed by atoms with van der Waals surface area (Å²) in [6, 6.07) is 0. The molecule has 0 aromatic rings. The third kappa shape index (κ3) is 4.04. The van der Waals surface area contributed by atoms with Crippen molar-refractivity contribution >= 4 is 0 Å². The second-order valence-electron chi connectivity index (χ2n) is 3.16. The van der Waals surface area contributed by atoms with E-state index in [-0.39, 0.29) is 6.29 Å². The molecular formula is C9H19NO2. The molecule has 0 aliphatic carbocycles. The number of rotatable bonds is 5. The van der Waals surface area contributed by atoms with E-state index in [9.17, 15) is 0 Å². The average Bonchev–Trinajstić information content (AvgIpc) is 2.14. The fourth-order valence-electron chi connectivity index (χ4n) is 1.20. The molecule has 0 aromatic carbocycles. The van der Waals surface area contributed by atoms with E-state index in [4.69, 9.17) is 9.57 Å². The van der Waals surface area contributed by atoms with Gasteiger partial charge in [0, 0.05) is 19.6 Å². The molecule has 0 aromatic heterocycles. The lowest BCUT2D eigenvalue weighted by atomic mass is 10.2. The van der Waals surface area contributed by atoms with E-state index >= 15 is 0 Å². The maximum absolute atomic E-state index is 5.37. The smallest absolute Gasteiger partial charge is 0.177 e. The summed E-state index contributed by atoms with van der Waals surface area (Å²) in [5, 5.41) is 0. The Labute approximate surface area is 74.4 Å². The quantitative estimate of drug-likeness (QED) is 0.508. The highest BCUT2D eigenvalue weighted by molar-refractivity contribution is 4.52. The van der Waals surface area contributed by atoms with Gasteiger partial charge in [-0.15, -0.1) is 0 Å². The molecule has 1 N–H and O–H groups in total. The Kier molecular flexibility index (Phi) is 5.32. The zero-order chi connectivity index (χ0) is 8.65. The van der Waals surface area contributed by atoms with Crippen LogP contribution in [0.15, 0.2) is 0 Å². The molecule has 1 fully saturated rings. The Bertz CT molecular complexity index is 103. The topological polar surface area (TPSA) is 30.5 Å². The van der Waals surface area contributed by atoms with Gasteiger partial charge in [0.15, 0.2) is 6.29 Å². The summed E-state index contributed by atoms with van der Waals surface area (Å²) < 4.78 is 5.37. The summed E-state index contributed by atoms with van der Waals surface area (Å²) in [5.41, 5.74) is 2.93. The van der Waals surface area contributed by atoms with Crippen LogP contribution in [0.5, 0.6) is 0 Å². The largest absolute Gasteiger partial charge is 0.351 e. The van der Waals surface area contributed by atoms with Crippen LogP contribution in [0.3, 0.4) is 0 Å². The number of hydroxylamine groups is 1. The molecule has 3 nitrogen and oxygen atoms in total. The van der Waals surface area contributed by atoms with Gasteiger partial charge >= 0.3 is 0 Å². The third-order valence-corrected chi connectivity index (χ3v) is 1.99. The Balaban J connectivity index is 1.91. The summed E-state index contributed by atoms with van der Waals surface area (Å²) in [6.07, 6.45) is 5.78. The fraction of sp³-hybridized carbons (Fsp3) is 1.00. The molecule has 3 heteroatoms. The van der Waals surface area contributed by atoms with Crippen molar-refractivity contribution in [1.82, 2.24) is 5.48 Å². The number of unbranched alkanes of at least 4 members (excludes halogenated alkanes) is 1. The van der Waals surface area contributed by atoms with Crippen LogP contribution in [-0.2, 0) is 9.57 Å². The Morgan fingerprint density at radius 3 is 3.08 bits per heavy atom. The van der Waals surface area contributed by atoms with Crippen molar-refractivity contribution in [3.8, 4) is 0 Å². The highest BCUT2D eigenvalue weighted by Crippen LogP contribution is 2.12. The van der Waals surface area contributed by atoms with Crippen LogP contribution in [-0.4, -0.2) is 19.4 Å². The van der Waals surface area contributed by atoms with Gasteiger partial charge < -0.3 is 4.74 Å². The molecule has 1 rings (SSSR count). The van der Waals surface area contributed by atoms with Crippen molar-refractivity contribution in [3.05, 3.63) is 0 Å². The Hall–Kier alpha value is -0.120. The van der Waals surface area contributed by atoms with Crippen molar-refractivity contribution in [2.24, 2.45) is 0 Å². The van der Waals surface area contributed by atoms with Crippen LogP contribution in [0.1, 0.15) is 39.0 Å². The minimum absolute atomic E-state index is 0.00407. The molecule has 12 heavy (non-hydrogen) atoms. The number of ether oxygens (including phenoxy) is 1. The predicted molar refractivity (Wildman–Crippen MR) is 47.6 cm³/mol. The number of nitrogens with one attached hydrogen (secondary N) is 1. The van der Waals surface area contributed by atoms with E-state index in [1.807, 2.05) is 0 Å². The number of hydrogen-bond donors (Lipinski definition) is 1. The minimum atomic E-state index is -0.00407. The zero-order valence-electron chi connectivity index (χ0n) is 7.84. The first-order chi connectivity index (χ1) is 5.93. The lowest BCUT2D eigenvalue weighted by molar-refractivity contribution is -0.196. The molecule has 0 radical (unpaired) electrons. The van der Waals surface area contributed by atoms with E-state index in [2.05, 4.69) is 12.4 Å². The fourth-order valence-corrected chi connectivity index (χ4v) is 1.20. The molecule has 0 spiro atoms. The molecule has 1 heterocycles. The van der Waals surface area contributed by atoms with Gasteiger partial charge in [-0.3, -0.25) is 4.84 Å². The first kappa shape index (κ1) is 9.96. The minimum Gasteiger partial charge on any atom is -0.351 e. The molecule has 72 valence electrons. The second-order valence-corrected chi connectivity index (χ2v) is 3.16. The lowest BCUT2D eigenvalue weighted by Gasteiger charge is -2.22. The van der Waals surface area contributed by atoms with E-state index < -0.39 is 0 Å². The third-order valence-electron chi connectivity index (χ3n) is 1.99. The maximum Gasteiger partial charge on any atom is 0.177 e. The SMILES string of the molecule is CCCCNOC1CCCCO1. The van der Waals surface area contributed by atoms with Crippen LogP contribution in [0.4, 0.5) is 0 Å². The van der Waals surface area contributed by atoms with E-state index in [1.54, 1.807) is 0 Å². The number of hydrogen-bond acceptors (Lipinski definition) is 3. The van der Waals surface area contributed by atoms with Crippen LogP contribution >= 0.6 is 0 Å². The summed E-state index contributed by atoms with van der Waals surface area (Å²) in [7, 11) is 0. The molecule has 0 bridgehead atoms. The van der Waals surface area contributed by atoms with Gasteiger partial charge in [0.25, 0.3) is 0 Å². The first-order valence-corrected chi connectivity index (χ1v) is 4.93. The maximum atomic E-state index is 5.37. The van der Waals surface area contributed by atoms with Crippen LogP contribution in [0.25, 0.3) is 0 Å². The van der Waals surface area contributed by atoms with Gasteiger partial charge in [-0.25, -0.2) is 0 Å². The normalized spacial score (nSPS) is 24.2. The van der Waals surface area contributed by atoms with Crippen molar-refractivity contribution in [2.45, 2.75) is 45.3 Å². The first-order valence-electron chi connectivity index (χ1n) is 4.93. The van der Waals surface area contributed by atoms with Gasteiger partial charge in [-0.1, -0.05) is 13.3 Å². The van der Waals surface area contributed by atoms with Crippen molar-refractivity contribution in [1.29, 1.82) is 0 Å². The Morgan fingerprint density at radius 1 is 1.50 bits per heavy atom. The van der Waals surface area contributed by atoms with Crippen molar-refractivity contribution in [3.63, 3.8) is 0 Å². The monoisotopic (exact) mass is 173 g/mol. The van der Waals surface area contributed by atoms with Gasteiger partial charge in [-0.2, -0.15) is 5.48 Å². The van der Waals surface area contributed by atoms with Crippen molar-refractivity contribution < 1.29 is 9.57 Å². The van der Waals surface area contributed by atoms with Crippen molar-refractivity contribution in [2.75, 3.05) is 13.2 Å². The zero-order valence-corrected chi connectivity index (χ0v) is 7.84. The highest BCUT2D eigenvalue weighted by Gasteiger charge is 2.13. The van der Waals surface area contributed by atoms with Gasteiger partial charge in [-0.05, 0) is 19.3 Å². The molecule has 1 aliphatic heterocycles. The predicted octanol–water partition coefficient (Wildman–Crippen LogP) is 1.83. The molecule has 0 amide bonds. The summed E-state index contributed by atoms with van der Waals surface area (Å²) in [5.74, 6) is 0.